The Labute approximate surface area is 176 Å². The Kier molecular flexibility index (Phi) is 6.74. The lowest BCUT2D eigenvalue weighted by atomic mass is 9.95. The molecule has 0 saturated carbocycles. The van der Waals surface area contributed by atoms with Crippen molar-refractivity contribution in [3.8, 4) is 11.5 Å². The molecule has 0 aliphatic carbocycles. The molecule has 1 unspecified atom stereocenters. The number of aromatic nitrogens is 1. The second-order valence-electron chi connectivity index (χ2n) is 7.42. The number of morpholine rings is 1. The van der Waals surface area contributed by atoms with Gasteiger partial charge in [-0.15, -0.1) is 0 Å². The molecule has 1 atom stereocenters. The lowest BCUT2D eigenvalue weighted by molar-refractivity contribution is -0.0120. The predicted octanol–water partition coefficient (Wildman–Crippen LogP) is 2.21. The lowest BCUT2D eigenvalue weighted by Gasteiger charge is -2.43. The van der Waals surface area contributed by atoms with Crippen LogP contribution in [-0.4, -0.2) is 72.8 Å². The van der Waals surface area contributed by atoms with Crippen LogP contribution in [0.1, 0.15) is 12.1 Å². The summed E-state index contributed by atoms with van der Waals surface area (Å²) in [5.74, 6) is 3.80. The summed E-state index contributed by atoms with van der Waals surface area (Å²) in [5, 5.41) is 6.90. The van der Waals surface area contributed by atoms with Crippen molar-refractivity contribution < 1.29 is 9.15 Å². The van der Waals surface area contributed by atoms with E-state index in [0.29, 0.717) is 12.4 Å². The molecule has 29 heavy (non-hydrogen) atoms. The van der Waals surface area contributed by atoms with Gasteiger partial charge in [0, 0.05) is 43.5 Å². The Morgan fingerprint density at radius 2 is 2.07 bits per heavy atom. The van der Waals surface area contributed by atoms with Crippen molar-refractivity contribution in [2.75, 3.05) is 51.4 Å². The van der Waals surface area contributed by atoms with Crippen LogP contribution in [0.4, 0.5) is 0 Å². The summed E-state index contributed by atoms with van der Waals surface area (Å²) in [6, 6.07) is 9.93. The number of ether oxygens (including phenoxy) is 1. The Morgan fingerprint density at radius 3 is 2.79 bits per heavy atom. The second kappa shape index (κ2) is 9.65. The fourth-order valence-electron chi connectivity index (χ4n) is 3.88. The van der Waals surface area contributed by atoms with Crippen LogP contribution in [0.3, 0.4) is 0 Å². The Balaban J connectivity index is 1.32. The minimum atomic E-state index is 0.181. The summed E-state index contributed by atoms with van der Waals surface area (Å²) >= 11 is 2.04. The van der Waals surface area contributed by atoms with Crippen LogP contribution in [0, 0.1) is 0 Å². The van der Waals surface area contributed by atoms with Gasteiger partial charge in [0.05, 0.1) is 25.5 Å². The minimum Gasteiger partial charge on any atom is -0.444 e. The van der Waals surface area contributed by atoms with Crippen LogP contribution >= 0.6 is 11.8 Å². The van der Waals surface area contributed by atoms with Crippen LogP contribution in [0.2, 0.25) is 0 Å². The van der Waals surface area contributed by atoms with E-state index in [-0.39, 0.29) is 5.54 Å². The van der Waals surface area contributed by atoms with Gasteiger partial charge in [-0.1, -0.05) is 18.2 Å². The highest BCUT2D eigenvalue weighted by molar-refractivity contribution is 7.99. The fraction of sp³-hybridized carbons (Fsp3) is 0.524. The molecular weight excluding hydrogens is 386 g/mol. The maximum absolute atomic E-state index is 5.62. The van der Waals surface area contributed by atoms with Gasteiger partial charge in [-0.05, 0) is 24.3 Å². The van der Waals surface area contributed by atoms with Crippen molar-refractivity contribution >= 4 is 17.7 Å². The average Bonchev–Trinajstić information content (AvgIpc) is 3.46. The van der Waals surface area contributed by atoms with Crippen molar-refractivity contribution in [3.05, 3.63) is 42.3 Å². The molecule has 0 spiro atoms. The van der Waals surface area contributed by atoms with Crippen molar-refractivity contribution in [3.63, 3.8) is 0 Å². The van der Waals surface area contributed by atoms with E-state index in [0.717, 1.165) is 55.8 Å². The maximum Gasteiger partial charge on any atom is 0.226 e. The normalized spacial score (nSPS) is 23.3. The van der Waals surface area contributed by atoms with Crippen LogP contribution < -0.4 is 10.6 Å². The summed E-state index contributed by atoms with van der Waals surface area (Å²) in [4.78, 5) is 11.6. The number of rotatable bonds is 6. The molecule has 2 aliphatic heterocycles. The number of oxazole rings is 1. The van der Waals surface area contributed by atoms with Gasteiger partial charge in [0.1, 0.15) is 6.26 Å². The first kappa shape index (κ1) is 20.3. The molecule has 1 aromatic heterocycles. The number of thioether (sulfide) groups is 1. The van der Waals surface area contributed by atoms with Crippen LogP contribution in [0.25, 0.3) is 11.5 Å². The summed E-state index contributed by atoms with van der Waals surface area (Å²) < 4.78 is 11.2. The molecule has 4 rings (SSSR count). The summed E-state index contributed by atoms with van der Waals surface area (Å²) in [6.07, 6.45) is 2.90. The van der Waals surface area contributed by atoms with Gasteiger partial charge >= 0.3 is 0 Å². The maximum atomic E-state index is 5.62. The third kappa shape index (κ3) is 4.94. The van der Waals surface area contributed by atoms with Gasteiger partial charge in [0.25, 0.3) is 0 Å². The van der Waals surface area contributed by atoms with Crippen molar-refractivity contribution in [2.45, 2.75) is 18.5 Å². The van der Waals surface area contributed by atoms with E-state index in [1.54, 1.807) is 13.3 Å². The van der Waals surface area contributed by atoms with Gasteiger partial charge in [-0.3, -0.25) is 9.89 Å². The highest BCUT2D eigenvalue weighted by Gasteiger charge is 2.40. The number of benzene rings is 1. The third-order valence-electron chi connectivity index (χ3n) is 5.58. The monoisotopic (exact) mass is 415 g/mol. The van der Waals surface area contributed by atoms with E-state index in [1.165, 1.54) is 12.2 Å². The molecule has 2 saturated heterocycles. The number of nitrogens with one attached hydrogen (secondary N) is 2. The molecular formula is C21H29N5O2S. The summed E-state index contributed by atoms with van der Waals surface area (Å²) in [7, 11) is 1.80. The SMILES string of the molecule is CN=C(NCc1coc(-c2ccccc2)n1)NCC1(N2CCOCC2)CCSC1. The third-order valence-corrected chi connectivity index (χ3v) is 6.82. The molecule has 1 aromatic carbocycles. The summed E-state index contributed by atoms with van der Waals surface area (Å²) in [5.41, 5.74) is 2.01. The minimum absolute atomic E-state index is 0.181. The van der Waals surface area contributed by atoms with E-state index in [1.807, 2.05) is 42.1 Å². The quantitative estimate of drug-likeness (QED) is 0.553. The van der Waals surface area contributed by atoms with Gasteiger partial charge in [-0.2, -0.15) is 11.8 Å². The molecule has 2 aromatic rings. The Hall–Kier alpha value is -2.03. The zero-order valence-electron chi connectivity index (χ0n) is 16.9. The zero-order valence-corrected chi connectivity index (χ0v) is 17.7. The Morgan fingerprint density at radius 1 is 1.24 bits per heavy atom. The highest BCUT2D eigenvalue weighted by atomic mass is 32.2. The second-order valence-corrected chi connectivity index (χ2v) is 8.52. The van der Waals surface area contributed by atoms with E-state index in [9.17, 15) is 0 Å². The number of aliphatic imine (C=N–C) groups is 1. The molecule has 7 nitrogen and oxygen atoms in total. The summed E-state index contributed by atoms with van der Waals surface area (Å²) in [6.45, 7) is 5.12. The van der Waals surface area contributed by atoms with Gasteiger partial charge in [0.2, 0.25) is 5.89 Å². The van der Waals surface area contributed by atoms with Crippen LogP contribution in [0.5, 0.6) is 0 Å². The number of hydrogen-bond donors (Lipinski definition) is 2. The predicted molar refractivity (Wildman–Crippen MR) is 117 cm³/mol. The molecule has 0 bridgehead atoms. The molecule has 8 heteroatoms. The van der Waals surface area contributed by atoms with Crippen LogP contribution in [-0.2, 0) is 11.3 Å². The van der Waals surface area contributed by atoms with Crippen molar-refractivity contribution in [2.24, 2.45) is 4.99 Å². The molecule has 3 heterocycles. The molecule has 0 amide bonds. The number of nitrogens with zero attached hydrogens (tertiary/aromatic N) is 3. The molecule has 0 radical (unpaired) electrons. The smallest absolute Gasteiger partial charge is 0.226 e. The Bertz CT molecular complexity index is 798. The average molecular weight is 416 g/mol. The molecule has 2 fully saturated rings. The van der Waals surface area contributed by atoms with E-state index < -0.39 is 0 Å². The molecule has 156 valence electrons. The van der Waals surface area contributed by atoms with E-state index in [4.69, 9.17) is 9.15 Å². The van der Waals surface area contributed by atoms with E-state index in [2.05, 4.69) is 25.5 Å². The molecule has 2 N–H and O–H groups in total. The number of hydrogen-bond acceptors (Lipinski definition) is 6. The van der Waals surface area contributed by atoms with Crippen molar-refractivity contribution in [1.82, 2.24) is 20.5 Å². The highest BCUT2D eigenvalue weighted by Crippen LogP contribution is 2.33. The lowest BCUT2D eigenvalue weighted by Crippen LogP contribution is -2.60. The first-order valence-electron chi connectivity index (χ1n) is 10.1. The van der Waals surface area contributed by atoms with Gasteiger partial charge in [0.15, 0.2) is 5.96 Å². The van der Waals surface area contributed by atoms with Gasteiger partial charge < -0.3 is 19.8 Å². The standard InChI is InChI=1S/C21H29N5O2S/c1-22-20(23-13-18-14-28-19(25-18)17-5-3-2-4-6-17)24-15-21(7-12-29-16-21)26-8-10-27-11-9-26/h2-6,14H,7-13,15-16H2,1H3,(H2,22,23,24). The number of guanidine groups is 1. The fourth-order valence-corrected chi connectivity index (χ4v) is 5.36. The van der Waals surface area contributed by atoms with Crippen molar-refractivity contribution in [1.29, 1.82) is 0 Å². The molecule has 2 aliphatic rings. The van der Waals surface area contributed by atoms with E-state index >= 15 is 0 Å². The van der Waals surface area contributed by atoms with Crippen LogP contribution in [0.15, 0.2) is 46.0 Å². The first-order chi connectivity index (χ1) is 14.3. The largest absolute Gasteiger partial charge is 0.444 e. The first-order valence-corrected chi connectivity index (χ1v) is 11.3. The topological polar surface area (TPSA) is 74.9 Å². The zero-order chi connectivity index (χ0) is 19.9. The van der Waals surface area contributed by atoms with Gasteiger partial charge in [-0.25, -0.2) is 4.98 Å².